The van der Waals surface area contributed by atoms with Crippen LogP contribution in [-0.4, -0.2) is 17.0 Å². The Balaban J connectivity index is 2.13. The van der Waals surface area contributed by atoms with Gasteiger partial charge in [0.25, 0.3) is 0 Å². The highest BCUT2D eigenvalue weighted by molar-refractivity contribution is 4.99. The highest BCUT2D eigenvalue weighted by Gasteiger charge is 2.31. The molecule has 1 aromatic heterocycles. The number of hydrogen-bond donors (Lipinski definition) is 1. The molecule has 1 saturated carbocycles. The molecule has 1 aliphatic carbocycles. The highest BCUT2D eigenvalue weighted by atomic mass is 15.0. The van der Waals surface area contributed by atoms with Gasteiger partial charge in [-0.2, -0.15) is 0 Å². The van der Waals surface area contributed by atoms with Gasteiger partial charge in [-0.25, -0.2) is 9.97 Å². The van der Waals surface area contributed by atoms with Crippen molar-refractivity contribution in [3.05, 3.63) is 24.3 Å². The van der Waals surface area contributed by atoms with Crippen molar-refractivity contribution in [1.82, 2.24) is 15.3 Å². The van der Waals surface area contributed by atoms with Crippen molar-refractivity contribution in [2.75, 3.05) is 7.05 Å². The van der Waals surface area contributed by atoms with E-state index >= 15 is 0 Å². The van der Waals surface area contributed by atoms with E-state index in [-0.39, 0.29) is 0 Å². The van der Waals surface area contributed by atoms with Gasteiger partial charge in [0.2, 0.25) is 0 Å². The molecule has 1 heterocycles. The molecule has 3 unspecified atom stereocenters. The van der Waals surface area contributed by atoms with Crippen molar-refractivity contribution >= 4 is 0 Å². The number of aromatic nitrogens is 2. The van der Waals surface area contributed by atoms with Crippen LogP contribution >= 0.6 is 0 Å². The first-order valence-electron chi connectivity index (χ1n) is 6.65. The molecule has 94 valence electrons. The normalized spacial score (nSPS) is 31.1. The molecule has 0 saturated heterocycles. The molecule has 1 aromatic rings. The second-order valence-corrected chi connectivity index (χ2v) is 5.55. The summed E-state index contributed by atoms with van der Waals surface area (Å²) < 4.78 is 0. The molecule has 17 heavy (non-hydrogen) atoms. The Kier molecular flexibility index (Phi) is 4.11. The lowest BCUT2D eigenvalue weighted by molar-refractivity contribution is 0.177. The van der Waals surface area contributed by atoms with Gasteiger partial charge in [0.05, 0.1) is 6.04 Å². The summed E-state index contributed by atoms with van der Waals surface area (Å²) in [6.07, 6.45) is 7.61. The molecule has 0 amide bonds. The maximum atomic E-state index is 4.40. The molecule has 0 bridgehead atoms. The van der Waals surface area contributed by atoms with Crippen LogP contribution in [0.3, 0.4) is 0 Å². The first kappa shape index (κ1) is 12.5. The van der Waals surface area contributed by atoms with Crippen molar-refractivity contribution in [2.24, 2.45) is 17.8 Å². The lowest BCUT2D eigenvalue weighted by atomic mass is 9.73. The smallest absolute Gasteiger partial charge is 0.145 e. The first-order valence-corrected chi connectivity index (χ1v) is 6.65. The summed E-state index contributed by atoms with van der Waals surface area (Å²) >= 11 is 0. The van der Waals surface area contributed by atoms with E-state index in [4.69, 9.17) is 0 Å². The van der Waals surface area contributed by atoms with E-state index in [9.17, 15) is 0 Å². The van der Waals surface area contributed by atoms with Crippen LogP contribution in [0.25, 0.3) is 0 Å². The third-order valence-corrected chi connectivity index (χ3v) is 3.86. The summed E-state index contributed by atoms with van der Waals surface area (Å²) in [4.78, 5) is 8.80. The van der Waals surface area contributed by atoms with Gasteiger partial charge < -0.3 is 5.32 Å². The molecule has 1 fully saturated rings. The highest BCUT2D eigenvalue weighted by Crippen LogP contribution is 2.38. The van der Waals surface area contributed by atoms with Gasteiger partial charge in [0.15, 0.2) is 0 Å². The largest absolute Gasteiger partial charge is 0.310 e. The summed E-state index contributed by atoms with van der Waals surface area (Å²) in [5.41, 5.74) is 0. The molecular weight excluding hydrogens is 210 g/mol. The zero-order chi connectivity index (χ0) is 12.3. The van der Waals surface area contributed by atoms with Gasteiger partial charge >= 0.3 is 0 Å². The van der Waals surface area contributed by atoms with E-state index in [1.807, 2.05) is 25.5 Å². The van der Waals surface area contributed by atoms with Crippen LogP contribution < -0.4 is 5.32 Å². The average Bonchev–Trinajstić information content (AvgIpc) is 2.30. The molecule has 0 radical (unpaired) electrons. The minimum absolute atomic E-state index is 0.307. The van der Waals surface area contributed by atoms with Crippen LogP contribution in [0.5, 0.6) is 0 Å². The van der Waals surface area contributed by atoms with E-state index in [1.165, 1.54) is 19.3 Å². The maximum absolute atomic E-state index is 4.40. The summed E-state index contributed by atoms with van der Waals surface area (Å²) in [5.74, 6) is 3.26. The standard InChI is InChI=1S/C14H23N3/c1-10-7-11(2)9-12(8-10)13(15-3)14-16-5-4-6-17-14/h4-6,10-13,15H,7-9H2,1-3H3. The molecule has 3 heteroatoms. The fourth-order valence-electron chi connectivity index (χ4n) is 3.33. The predicted molar refractivity (Wildman–Crippen MR) is 69.5 cm³/mol. The monoisotopic (exact) mass is 233 g/mol. The average molecular weight is 233 g/mol. The summed E-state index contributed by atoms with van der Waals surface area (Å²) in [6.45, 7) is 4.72. The van der Waals surface area contributed by atoms with Crippen LogP contribution in [0, 0.1) is 17.8 Å². The summed E-state index contributed by atoms with van der Waals surface area (Å²) in [6, 6.07) is 2.18. The first-order chi connectivity index (χ1) is 8.20. The second kappa shape index (κ2) is 5.58. The van der Waals surface area contributed by atoms with Gasteiger partial charge in [-0.15, -0.1) is 0 Å². The minimum atomic E-state index is 0.307. The Morgan fingerprint density at radius 3 is 2.24 bits per heavy atom. The molecule has 2 rings (SSSR count). The third-order valence-electron chi connectivity index (χ3n) is 3.86. The maximum Gasteiger partial charge on any atom is 0.145 e. The molecule has 0 spiro atoms. The van der Waals surface area contributed by atoms with E-state index in [0.29, 0.717) is 12.0 Å². The summed E-state index contributed by atoms with van der Waals surface area (Å²) in [7, 11) is 2.02. The third kappa shape index (κ3) is 3.03. The number of nitrogens with zero attached hydrogens (tertiary/aromatic N) is 2. The SMILES string of the molecule is CNC(c1ncccn1)C1CC(C)CC(C)C1. The van der Waals surface area contributed by atoms with Crippen LogP contribution in [0.4, 0.5) is 0 Å². The Bertz CT molecular complexity index is 329. The van der Waals surface area contributed by atoms with Crippen LogP contribution in [0.1, 0.15) is 45.0 Å². The van der Waals surface area contributed by atoms with E-state index in [0.717, 1.165) is 17.7 Å². The van der Waals surface area contributed by atoms with Gasteiger partial charge in [-0.1, -0.05) is 13.8 Å². The van der Waals surface area contributed by atoms with Crippen molar-refractivity contribution in [3.63, 3.8) is 0 Å². The van der Waals surface area contributed by atoms with E-state index in [2.05, 4.69) is 29.1 Å². The molecular formula is C14H23N3. The predicted octanol–water partition coefficient (Wildman–Crippen LogP) is 2.81. The van der Waals surface area contributed by atoms with Crippen molar-refractivity contribution in [1.29, 1.82) is 0 Å². The lowest BCUT2D eigenvalue weighted by Crippen LogP contribution is -2.32. The van der Waals surface area contributed by atoms with Crippen molar-refractivity contribution < 1.29 is 0 Å². The molecule has 3 nitrogen and oxygen atoms in total. The van der Waals surface area contributed by atoms with E-state index in [1.54, 1.807) is 0 Å². The van der Waals surface area contributed by atoms with E-state index < -0.39 is 0 Å². The van der Waals surface area contributed by atoms with Crippen LogP contribution in [0.2, 0.25) is 0 Å². The molecule has 1 aliphatic rings. The zero-order valence-electron chi connectivity index (χ0n) is 11.1. The molecule has 0 aliphatic heterocycles. The van der Waals surface area contributed by atoms with Gasteiger partial charge in [-0.3, -0.25) is 0 Å². The Hall–Kier alpha value is -0.960. The number of nitrogens with one attached hydrogen (secondary N) is 1. The quantitative estimate of drug-likeness (QED) is 0.872. The molecule has 0 aromatic carbocycles. The number of hydrogen-bond acceptors (Lipinski definition) is 3. The molecule has 3 atom stereocenters. The Morgan fingerprint density at radius 1 is 1.12 bits per heavy atom. The van der Waals surface area contributed by atoms with Gasteiger partial charge in [-0.05, 0) is 50.1 Å². The fraction of sp³-hybridized carbons (Fsp3) is 0.714. The Morgan fingerprint density at radius 2 is 1.71 bits per heavy atom. The van der Waals surface area contributed by atoms with Crippen molar-refractivity contribution in [2.45, 2.75) is 39.2 Å². The van der Waals surface area contributed by atoms with Crippen LogP contribution in [0.15, 0.2) is 18.5 Å². The lowest BCUT2D eigenvalue weighted by Gasteiger charge is -2.35. The zero-order valence-corrected chi connectivity index (χ0v) is 11.1. The minimum Gasteiger partial charge on any atom is -0.310 e. The van der Waals surface area contributed by atoms with Gasteiger partial charge in [0.1, 0.15) is 5.82 Å². The number of rotatable bonds is 3. The van der Waals surface area contributed by atoms with Gasteiger partial charge in [0, 0.05) is 12.4 Å². The second-order valence-electron chi connectivity index (χ2n) is 5.55. The van der Waals surface area contributed by atoms with Crippen molar-refractivity contribution in [3.8, 4) is 0 Å². The topological polar surface area (TPSA) is 37.8 Å². The summed E-state index contributed by atoms with van der Waals surface area (Å²) in [5, 5.41) is 3.40. The Labute approximate surface area is 104 Å². The fourth-order valence-corrected chi connectivity index (χ4v) is 3.33. The molecule has 1 N–H and O–H groups in total. The van der Waals surface area contributed by atoms with Crippen LogP contribution in [-0.2, 0) is 0 Å².